The van der Waals surface area contributed by atoms with Crippen LogP contribution < -0.4 is 16.0 Å². The smallest absolute Gasteiger partial charge is 0.319 e. The van der Waals surface area contributed by atoms with Crippen molar-refractivity contribution in [2.75, 3.05) is 7.05 Å². The van der Waals surface area contributed by atoms with Gasteiger partial charge in [0.05, 0.1) is 11.6 Å². The van der Waals surface area contributed by atoms with Crippen molar-refractivity contribution in [3.05, 3.63) is 45.9 Å². The molecule has 0 saturated carbocycles. The molecule has 1 aliphatic rings. The standard InChI is InChI=1S/C13H13ClFN3O2/c1-6-9(12(19)16-2)11(18-13(20)17-6)10-7(14)4-3-5-8(10)15/h3-5,11H,1-2H3,(H,16,19)(H2,17,18,20)/t11-/m0/s1. The summed E-state index contributed by atoms with van der Waals surface area (Å²) < 4.78 is 14.0. The first-order valence-corrected chi connectivity index (χ1v) is 6.27. The van der Waals surface area contributed by atoms with E-state index in [0.29, 0.717) is 5.70 Å². The summed E-state index contributed by atoms with van der Waals surface area (Å²) in [6, 6.07) is 2.74. The van der Waals surface area contributed by atoms with Crippen molar-refractivity contribution in [2.24, 2.45) is 0 Å². The van der Waals surface area contributed by atoms with Gasteiger partial charge in [-0.2, -0.15) is 0 Å². The SMILES string of the molecule is CNC(=O)C1=C(C)NC(=O)N[C@@H]1c1c(F)cccc1Cl. The Labute approximate surface area is 120 Å². The number of rotatable bonds is 2. The molecule has 0 fully saturated rings. The van der Waals surface area contributed by atoms with Crippen LogP contribution in [0.2, 0.25) is 5.02 Å². The molecule has 0 unspecified atom stereocenters. The second-order valence-corrected chi connectivity index (χ2v) is 4.69. The molecule has 0 saturated heterocycles. The number of halogens is 2. The van der Waals surface area contributed by atoms with E-state index in [-0.39, 0.29) is 16.2 Å². The van der Waals surface area contributed by atoms with Gasteiger partial charge < -0.3 is 16.0 Å². The molecule has 3 N–H and O–H groups in total. The molecule has 0 aliphatic carbocycles. The summed E-state index contributed by atoms with van der Waals surface area (Å²) in [6.07, 6.45) is 0. The summed E-state index contributed by atoms with van der Waals surface area (Å²) in [5.74, 6) is -1.00. The van der Waals surface area contributed by atoms with Crippen LogP contribution in [-0.2, 0) is 4.79 Å². The lowest BCUT2D eigenvalue weighted by molar-refractivity contribution is -0.117. The number of amides is 3. The van der Waals surface area contributed by atoms with Gasteiger partial charge in [0, 0.05) is 23.3 Å². The number of nitrogens with one attached hydrogen (secondary N) is 3. The molecule has 0 aromatic heterocycles. The quantitative estimate of drug-likeness (QED) is 0.780. The molecule has 5 nitrogen and oxygen atoms in total. The first-order valence-electron chi connectivity index (χ1n) is 5.90. The lowest BCUT2D eigenvalue weighted by Crippen LogP contribution is -2.46. The normalized spacial score (nSPS) is 18.4. The Morgan fingerprint density at radius 2 is 2.15 bits per heavy atom. The third kappa shape index (κ3) is 2.46. The third-order valence-corrected chi connectivity index (χ3v) is 3.36. The first kappa shape index (κ1) is 14.3. The molecular weight excluding hydrogens is 285 g/mol. The van der Waals surface area contributed by atoms with Crippen LogP contribution in [0.15, 0.2) is 29.5 Å². The maximum atomic E-state index is 14.0. The number of hydrogen-bond acceptors (Lipinski definition) is 2. The Bertz CT molecular complexity index is 595. The van der Waals surface area contributed by atoms with Crippen molar-refractivity contribution in [2.45, 2.75) is 13.0 Å². The van der Waals surface area contributed by atoms with Crippen molar-refractivity contribution in [1.82, 2.24) is 16.0 Å². The van der Waals surface area contributed by atoms with Crippen LogP contribution in [0.4, 0.5) is 9.18 Å². The number of urea groups is 1. The molecule has 0 radical (unpaired) electrons. The largest absolute Gasteiger partial charge is 0.355 e. The van der Waals surface area contributed by atoms with E-state index in [1.54, 1.807) is 6.92 Å². The molecule has 1 aromatic carbocycles. The second kappa shape index (κ2) is 5.50. The fraction of sp³-hybridized carbons (Fsp3) is 0.231. The zero-order valence-electron chi connectivity index (χ0n) is 10.9. The average molecular weight is 298 g/mol. The van der Waals surface area contributed by atoms with Gasteiger partial charge in [-0.3, -0.25) is 4.79 Å². The topological polar surface area (TPSA) is 70.2 Å². The number of carbonyl (C=O) groups excluding carboxylic acids is 2. The maximum Gasteiger partial charge on any atom is 0.319 e. The summed E-state index contributed by atoms with van der Waals surface area (Å²) in [5, 5.41) is 7.61. The monoisotopic (exact) mass is 297 g/mol. The highest BCUT2D eigenvalue weighted by Crippen LogP contribution is 2.33. The van der Waals surface area contributed by atoms with Gasteiger partial charge in [-0.05, 0) is 19.1 Å². The van der Waals surface area contributed by atoms with E-state index in [1.165, 1.54) is 25.2 Å². The molecule has 0 spiro atoms. The zero-order chi connectivity index (χ0) is 14.9. The minimum Gasteiger partial charge on any atom is -0.355 e. The summed E-state index contributed by atoms with van der Waals surface area (Å²) in [7, 11) is 1.46. The van der Waals surface area contributed by atoms with Crippen LogP contribution in [-0.4, -0.2) is 19.0 Å². The Hall–Kier alpha value is -2.08. The van der Waals surface area contributed by atoms with Gasteiger partial charge in [-0.1, -0.05) is 17.7 Å². The molecule has 7 heteroatoms. The van der Waals surface area contributed by atoms with Gasteiger partial charge in [-0.25, -0.2) is 9.18 Å². The molecule has 1 aliphatic heterocycles. The minimum atomic E-state index is -0.933. The van der Waals surface area contributed by atoms with Gasteiger partial charge in [0.25, 0.3) is 5.91 Å². The Balaban J connectivity index is 2.60. The van der Waals surface area contributed by atoms with Crippen LogP contribution in [0.1, 0.15) is 18.5 Å². The average Bonchev–Trinajstić information content (AvgIpc) is 2.37. The number of allylic oxidation sites excluding steroid dienone is 1. The predicted octanol–water partition coefficient (Wildman–Crippen LogP) is 1.85. The number of hydrogen-bond donors (Lipinski definition) is 3. The molecule has 20 heavy (non-hydrogen) atoms. The molecule has 1 aromatic rings. The number of benzene rings is 1. The molecule has 0 bridgehead atoms. The molecule has 106 valence electrons. The van der Waals surface area contributed by atoms with E-state index in [4.69, 9.17) is 11.6 Å². The van der Waals surface area contributed by atoms with Gasteiger partial charge in [0.2, 0.25) is 0 Å². The van der Waals surface area contributed by atoms with Crippen LogP contribution in [0.25, 0.3) is 0 Å². The van der Waals surface area contributed by atoms with Gasteiger partial charge in [0.1, 0.15) is 5.82 Å². The van der Waals surface area contributed by atoms with Crippen molar-refractivity contribution >= 4 is 23.5 Å². The lowest BCUT2D eigenvalue weighted by Gasteiger charge is -2.29. The van der Waals surface area contributed by atoms with Gasteiger partial charge in [0.15, 0.2) is 0 Å². The van der Waals surface area contributed by atoms with Crippen LogP contribution in [0.5, 0.6) is 0 Å². The summed E-state index contributed by atoms with van der Waals surface area (Å²) >= 11 is 6.01. The Kier molecular flexibility index (Phi) is 3.94. The van der Waals surface area contributed by atoms with Gasteiger partial charge >= 0.3 is 6.03 Å². The van der Waals surface area contributed by atoms with Crippen molar-refractivity contribution in [3.8, 4) is 0 Å². The first-order chi connectivity index (χ1) is 9.45. The van der Waals surface area contributed by atoms with E-state index < -0.39 is 23.8 Å². The fourth-order valence-electron chi connectivity index (χ4n) is 2.13. The number of likely N-dealkylation sites (N-methyl/N-ethyl adjacent to an activating group) is 1. The van der Waals surface area contributed by atoms with E-state index in [1.807, 2.05) is 0 Å². The lowest BCUT2D eigenvalue weighted by atomic mass is 9.94. The highest BCUT2D eigenvalue weighted by Gasteiger charge is 2.33. The summed E-state index contributed by atoms with van der Waals surface area (Å²) in [4.78, 5) is 23.5. The zero-order valence-corrected chi connectivity index (χ0v) is 11.6. The number of carbonyl (C=O) groups is 2. The summed E-state index contributed by atoms with van der Waals surface area (Å²) in [5.41, 5.74) is 0.651. The predicted molar refractivity (Wildman–Crippen MR) is 72.6 cm³/mol. The van der Waals surface area contributed by atoms with E-state index in [0.717, 1.165) is 0 Å². The van der Waals surface area contributed by atoms with Crippen molar-refractivity contribution in [1.29, 1.82) is 0 Å². The Morgan fingerprint density at radius 3 is 2.75 bits per heavy atom. The highest BCUT2D eigenvalue weighted by atomic mass is 35.5. The second-order valence-electron chi connectivity index (χ2n) is 4.28. The minimum absolute atomic E-state index is 0.0713. The molecule has 1 atom stereocenters. The highest BCUT2D eigenvalue weighted by molar-refractivity contribution is 6.31. The maximum absolute atomic E-state index is 14.0. The van der Waals surface area contributed by atoms with Crippen LogP contribution >= 0.6 is 11.6 Å². The molecule has 1 heterocycles. The Morgan fingerprint density at radius 1 is 1.45 bits per heavy atom. The van der Waals surface area contributed by atoms with Gasteiger partial charge in [-0.15, -0.1) is 0 Å². The summed E-state index contributed by atoms with van der Waals surface area (Å²) in [6.45, 7) is 1.57. The molecule has 3 amide bonds. The third-order valence-electron chi connectivity index (χ3n) is 3.03. The van der Waals surface area contributed by atoms with E-state index >= 15 is 0 Å². The van der Waals surface area contributed by atoms with Crippen molar-refractivity contribution < 1.29 is 14.0 Å². The van der Waals surface area contributed by atoms with Crippen molar-refractivity contribution in [3.63, 3.8) is 0 Å². The van der Waals surface area contributed by atoms with E-state index in [2.05, 4.69) is 16.0 Å². The fourth-order valence-corrected chi connectivity index (χ4v) is 2.40. The van der Waals surface area contributed by atoms with Crippen LogP contribution in [0, 0.1) is 5.82 Å². The van der Waals surface area contributed by atoms with E-state index in [9.17, 15) is 14.0 Å². The molecular formula is C13H13ClFN3O2. The van der Waals surface area contributed by atoms with Crippen LogP contribution in [0.3, 0.4) is 0 Å². The molecule has 2 rings (SSSR count).